The van der Waals surface area contributed by atoms with E-state index in [9.17, 15) is 4.79 Å². The van der Waals surface area contributed by atoms with Crippen LogP contribution in [0.15, 0.2) is 12.2 Å². The normalized spacial score (nSPS) is 46.6. The molecule has 3 aliphatic rings. The van der Waals surface area contributed by atoms with Gasteiger partial charge in [0.1, 0.15) is 5.78 Å². The second-order valence-electron chi connectivity index (χ2n) is 6.03. The molecule has 3 heteroatoms. The Kier molecular flexibility index (Phi) is 2.46. The highest BCUT2D eigenvalue weighted by atomic mass is 16.7. The second-order valence-corrected chi connectivity index (χ2v) is 6.03. The van der Waals surface area contributed by atoms with Gasteiger partial charge in [-0.3, -0.25) is 4.79 Å². The Morgan fingerprint density at radius 3 is 2.59 bits per heavy atom. The number of fused-ring (bicyclic) bond motifs is 2. The highest BCUT2D eigenvalue weighted by Gasteiger charge is 2.52. The van der Waals surface area contributed by atoms with Crippen molar-refractivity contribution >= 4 is 5.78 Å². The molecule has 1 saturated carbocycles. The van der Waals surface area contributed by atoms with Crippen LogP contribution >= 0.6 is 0 Å². The van der Waals surface area contributed by atoms with Gasteiger partial charge < -0.3 is 9.47 Å². The maximum Gasteiger partial charge on any atom is 0.163 e. The summed E-state index contributed by atoms with van der Waals surface area (Å²) >= 11 is 0. The van der Waals surface area contributed by atoms with Gasteiger partial charge in [0.2, 0.25) is 0 Å². The Morgan fingerprint density at radius 1 is 1.29 bits per heavy atom. The molecule has 94 valence electrons. The van der Waals surface area contributed by atoms with Crippen molar-refractivity contribution in [2.75, 3.05) is 6.61 Å². The highest BCUT2D eigenvalue weighted by molar-refractivity contribution is 5.80. The summed E-state index contributed by atoms with van der Waals surface area (Å²) in [4.78, 5) is 11.8. The summed E-state index contributed by atoms with van der Waals surface area (Å²) in [5.41, 5.74) is 0. The molecule has 3 nitrogen and oxygen atoms in total. The molecular weight excluding hydrogens is 216 g/mol. The summed E-state index contributed by atoms with van der Waals surface area (Å²) in [5, 5.41) is 0. The molecule has 1 saturated heterocycles. The Balaban J connectivity index is 1.83. The Labute approximate surface area is 102 Å². The Morgan fingerprint density at radius 2 is 2.00 bits per heavy atom. The molecule has 2 bridgehead atoms. The second kappa shape index (κ2) is 3.66. The van der Waals surface area contributed by atoms with Gasteiger partial charge in [0.25, 0.3) is 0 Å². The van der Waals surface area contributed by atoms with Gasteiger partial charge in [-0.05, 0) is 39.0 Å². The zero-order valence-corrected chi connectivity index (χ0v) is 10.7. The maximum atomic E-state index is 11.8. The average molecular weight is 236 g/mol. The predicted octanol–water partition coefficient (Wildman–Crippen LogP) is 2.17. The number of carbonyl (C=O) groups is 1. The van der Waals surface area contributed by atoms with Crippen LogP contribution in [-0.4, -0.2) is 24.3 Å². The quantitative estimate of drug-likeness (QED) is 0.689. The minimum absolute atomic E-state index is 0.0823. The molecule has 2 aliphatic carbocycles. The first-order valence-corrected chi connectivity index (χ1v) is 6.48. The third-order valence-electron chi connectivity index (χ3n) is 4.45. The number of ether oxygens (including phenoxy) is 2. The Bertz CT molecular complexity index is 372. The molecule has 1 aliphatic heterocycles. The fourth-order valence-corrected chi connectivity index (χ4v) is 3.84. The molecule has 0 unspecified atom stereocenters. The van der Waals surface area contributed by atoms with Gasteiger partial charge in [-0.1, -0.05) is 12.2 Å². The van der Waals surface area contributed by atoms with E-state index < -0.39 is 5.79 Å². The number of rotatable bonds is 2. The van der Waals surface area contributed by atoms with Crippen LogP contribution < -0.4 is 0 Å². The van der Waals surface area contributed by atoms with E-state index in [4.69, 9.17) is 9.47 Å². The summed E-state index contributed by atoms with van der Waals surface area (Å²) in [7, 11) is 0. The van der Waals surface area contributed by atoms with Crippen molar-refractivity contribution in [2.45, 2.75) is 39.1 Å². The molecule has 0 radical (unpaired) electrons. The number of hydrogen-bond donors (Lipinski definition) is 0. The van der Waals surface area contributed by atoms with Crippen molar-refractivity contribution < 1.29 is 14.3 Å². The summed E-state index contributed by atoms with van der Waals surface area (Å²) in [6.45, 7) is 6.23. The van der Waals surface area contributed by atoms with Crippen LogP contribution in [0.5, 0.6) is 0 Å². The molecule has 0 aromatic heterocycles. The molecule has 0 amide bonds. The smallest absolute Gasteiger partial charge is 0.163 e. The van der Waals surface area contributed by atoms with Crippen LogP contribution in [0.4, 0.5) is 0 Å². The van der Waals surface area contributed by atoms with Crippen LogP contribution in [0.1, 0.15) is 27.2 Å². The number of carbonyl (C=O) groups excluding carboxylic acids is 1. The van der Waals surface area contributed by atoms with Crippen molar-refractivity contribution in [1.82, 2.24) is 0 Å². The van der Waals surface area contributed by atoms with E-state index in [-0.39, 0.29) is 12.0 Å². The van der Waals surface area contributed by atoms with Crippen LogP contribution in [0.2, 0.25) is 0 Å². The zero-order chi connectivity index (χ0) is 12.2. The summed E-state index contributed by atoms with van der Waals surface area (Å²) in [6.07, 6.45) is 5.69. The van der Waals surface area contributed by atoms with Gasteiger partial charge in [-0.2, -0.15) is 0 Å². The molecule has 0 N–H and O–H groups in total. The van der Waals surface area contributed by atoms with Crippen molar-refractivity contribution in [3.05, 3.63) is 12.2 Å². The molecule has 5 atom stereocenters. The number of allylic oxidation sites excluding steroid dienone is 2. The lowest BCUT2D eigenvalue weighted by Crippen LogP contribution is -2.37. The third-order valence-corrected chi connectivity index (χ3v) is 4.45. The largest absolute Gasteiger partial charge is 0.348 e. The van der Waals surface area contributed by atoms with Gasteiger partial charge in [0.15, 0.2) is 5.79 Å². The van der Waals surface area contributed by atoms with E-state index in [1.807, 2.05) is 13.8 Å². The van der Waals surface area contributed by atoms with Crippen molar-refractivity contribution in [1.29, 1.82) is 0 Å². The van der Waals surface area contributed by atoms with E-state index in [0.717, 1.165) is 6.42 Å². The SMILES string of the molecule is CC(=O)[C@H]1[C@H]([C@H]2COC(C)(C)O2)[C@H]2C=C[C@@H]1C2. The monoisotopic (exact) mass is 236 g/mol. The predicted molar refractivity (Wildman–Crippen MR) is 63.3 cm³/mol. The van der Waals surface area contributed by atoms with E-state index in [1.54, 1.807) is 6.92 Å². The average Bonchev–Trinajstić information content (AvgIpc) is 2.89. The van der Waals surface area contributed by atoms with Crippen molar-refractivity contribution in [2.24, 2.45) is 23.7 Å². The molecule has 0 aromatic carbocycles. The van der Waals surface area contributed by atoms with Gasteiger partial charge >= 0.3 is 0 Å². The van der Waals surface area contributed by atoms with Crippen LogP contribution in [0.3, 0.4) is 0 Å². The third kappa shape index (κ3) is 1.76. The van der Waals surface area contributed by atoms with Gasteiger partial charge in [-0.25, -0.2) is 0 Å². The summed E-state index contributed by atoms with van der Waals surface area (Å²) < 4.78 is 11.6. The van der Waals surface area contributed by atoms with Gasteiger partial charge in [0, 0.05) is 11.8 Å². The van der Waals surface area contributed by atoms with E-state index >= 15 is 0 Å². The molecule has 3 rings (SSSR count). The molecular formula is C14H20O3. The molecule has 0 spiro atoms. The van der Waals surface area contributed by atoms with Crippen molar-refractivity contribution in [3.63, 3.8) is 0 Å². The van der Waals surface area contributed by atoms with E-state index in [0.29, 0.717) is 30.1 Å². The zero-order valence-electron chi connectivity index (χ0n) is 10.7. The molecule has 1 heterocycles. The lowest BCUT2D eigenvalue weighted by Gasteiger charge is -2.30. The van der Waals surface area contributed by atoms with E-state index in [1.165, 1.54) is 0 Å². The topological polar surface area (TPSA) is 35.5 Å². The Hall–Kier alpha value is -0.670. The summed E-state index contributed by atoms with van der Waals surface area (Å²) in [5.74, 6) is 1.24. The van der Waals surface area contributed by atoms with E-state index in [2.05, 4.69) is 12.2 Å². The minimum Gasteiger partial charge on any atom is -0.348 e. The summed E-state index contributed by atoms with van der Waals surface area (Å²) in [6, 6.07) is 0. The number of ketones is 1. The standard InChI is InChI=1S/C14H20O3/c1-8(15)12-9-4-5-10(6-9)13(12)11-7-16-14(2,3)17-11/h4-5,9-13H,6-7H2,1-3H3/t9-,10+,11-,12-,13+/m1/s1. The highest BCUT2D eigenvalue weighted by Crippen LogP contribution is 2.51. The molecule has 17 heavy (non-hydrogen) atoms. The maximum absolute atomic E-state index is 11.8. The van der Waals surface area contributed by atoms with Crippen LogP contribution in [-0.2, 0) is 14.3 Å². The first kappa shape index (κ1) is 11.4. The number of hydrogen-bond acceptors (Lipinski definition) is 3. The lowest BCUT2D eigenvalue weighted by atomic mass is 9.77. The lowest BCUT2D eigenvalue weighted by molar-refractivity contribution is -0.150. The number of Topliss-reactive ketones (excluding diaryl/α,β-unsaturated/α-hetero) is 1. The van der Waals surface area contributed by atoms with Gasteiger partial charge in [-0.15, -0.1) is 0 Å². The molecule has 0 aromatic rings. The molecule has 2 fully saturated rings. The first-order chi connectivity index (χ1) is 7.98. The van der Waals surface area contributed by atoms with Crippen molar-refractivity contribution in [3.8, 4) is 0 Å². The minimum atomic E-state index is -0.489. The fraction of sp³-hybridized carbons (Fsp3) is 0.786. The van der Waals surface area contributed by atoms with Crippen LogP contribution in [0, 0.1) is 23.7 Å². The van der Waals surface area contributed by atoms with Gasteiger partial charge in [0.05, 0.1) is 12.7 Å². The van der Waals surface area contributed by atoms with Crippen LogP contribution in [0.25, 0.3) is 0 Å². The fourth-order valence-electron chi connectivity index (χ4n) is 3.84. The first-order valence-electron chi connectivity index (χ1n) is 6.48.